The van der Waals surface area contributed by atoms with Gasteiger partial charge in [0, 0.05) is 10.6 Å². The van der Waals surface area contributed by atoms with Crippen LogP contribution < -0.4 is 4.74 Å². The largest absolute Gasteiger partial charge is 0.486 e. The number of ether oxygens (including phenoxy) is 1. The lowest BCUT2D eigenvalue weighted by Gasteiger charge is -2.17. The molecule has 4 rings (SSSR count). The van der Waals surface area contributed by atoms with Crippen molar-refractivity contribution in [3.8, 4) is 11.4 Å². The third-order valence-corrected chi connectivity index (χ3v) is 6.80. The lowest BCUT2D eigenvalue weighted by Crippen LogP contribution is -2.11. The summed E-state index contributed by atoms with van der Waals surface area (Å²) >= 11 is 14.1. The van der Waals surface area contributed by atoms with Crippen LogP contribution in [0, 0.1) is 22.9 Å². The minimum absolute atomic E-state index is 0.131. The maximum atomic E-state index is 13.1. The number of halogens is 3. The van der Waals surface area contributed by atoms with E-state index in [4.69, 9.17) is 27.9 Å². The Morgan fingerprint density at radius 3 is 2.37 bits per heavy atom. The van der Waals surface area contributed by atoms with Crippen LogP contribution in [0.15, 0.2) is 71.9 Å². The number of para-hydroxylation sites is 1. The molecule has 0 saturated carbocycles. The van der Waals surface area contributed by atoms with Crippen LogP contribution >= 0.6 is 35.0 Å². The van der Waals surface area contributed by atoms with Crippen molar-refractivity contribution in [3.63, 3.8) is 0 Å². The molecule has 1 aromatic heterocycles. The van der Waals surface area contributed by atoms with E-state index in [1.165, 1.54) is 23.9 Å². The minimum atomic E-state index is -0.641. The third kappa shape index (κ3) is 6.11. The van der Waals surface area contributed by atoms with Crippen LogP contribution in [0.2, 0.25) is 10.0 Å². The smallest absolute Gasteiger partial charge is 0.220 e. The number of aryl methyl sites for hydroxylation is 1. The molecule has 35 heavy (non-hydrogen) atoms. The van der Waals surface area contributed by atoms with Crippen molar-refractivity contribution in [2.45, 2.75) is 23.9 Å². The van der Waals surface area contributed by atoms with Gasteiger partial charge in [-0.05, 0) is 54.4 Å². The van der Waals surface area contributed by atoms with Crippen LogP contribution in [-0.4, -0.2) is 26.2 Å². The second-order valence-electron chi connectivity index (χ2n) is 7.55. The number of thioether (sulfide) groups is 1. The van der Waals surface area contributed by atoms with E-state index in [0.29, 0.717) is 16.5 Å². The maximum Gasteiger partial charge on any atom is 0.220 e. The van der Waals surface area contributed by atoms with E-state index in [9.17, 15) is 14.5 Å². The SMILES string of the molecule is Cc1nnc(S[C@H](C[N+](=O)[O-])c2cc(Cl)c(OCc3ccc(F)cc3)c(Cl)c2)n1-c1ccccc1. The fourth-order valence-corrected chi connectivity index (χ4v) is 5.17. The highest BCUT2D eigenvalue weighted by Crippen LogP contribution is 2.42. The van der Waals surface area contributed by atoms with Crippen LogP contribution in [-0.2, 0) is 6.61 Å². The summed E-state index contributed by atoms with van der Waals surface area (Å²) < 4.78 is 20.7. The molecule has 0 radical (unpaired) electrons. The summed E-state index contributed by atoms with van der Waals surface area (Å²) in [5.41, 5.74) is 2.13. The first-order valence-electron chi connectivity index (χ1n) is 10.4. The van der Waals surface area contributed by atoms with Gasteiger partial charge in [0.05, 0.1) is 10.0 Å². The van der Waals surface area contributed by atoms with E-state index < -0.39 is 10.2 Å². The minimum Gasteiger partial charge on any atom is -0.486 e. The number of benzene rings is 3. The van der Waals surface area contributed by atoms with Gasteiger partial charge in [0.15, 0.2) is 10.9 Å². The summed E-state index contributed by atoms with van der Waals surface area (Å²) in [5, 5.41) is 20.2. The molecule has 0 unspecified atom stereocenters. The highest BCUT2D eigenvalue weighted by molar-refractivity contribution is 7.99. The van der Waals surface area contributed by atoms with E-state index in [0.717, 1.165) is 11.3 Å². The highest BCUT2D eigenvalue weighted by atomic mass is 35.5. The standard InChI is InChI=1S/C24H19Cl2FN4O3S/c1-15-28-29-24(31(15)19-5-3-2-4-6-19)35-22(13-30(32)33)17-11-20(25)23(21(26)12-17)34-14-16-7-9-18(27)10-8-16/h2-12,22H,13-14H2,1H3/t22-/m1/s1. The average molecular weight is 533 g/mol. The zero-order chi connectivity index (χ0) is 24.9. The van der Waals surface area contributed by atoms with Crippen molar-refractivity contribution in [2.75, 3.05) is 6.54 Å². The quantitative estimate of drug-likeness (QED) is 0.135. The van der Waals surface area contributed by atoms with Crippen molar-refractivity contribution in [2.24, 2.45) is 0 Å². The molecular weight excluding hydrogens is 514 g/mol. The topological polar surface area (TPSA) is 83.1 Å². The molecule has 0 amide bonds. The molecule has 4 aromatic rings. The summed E-state index contributed by atoms with van der Waals surface area (Å²) in [5.74, 6) is 0.551. The molecule has 0 aliphatic heterocycles. The van der Waals surface area contributed by atoms with Gasteiger partial charge in [-0.1, -0.05) is 65.3 Å². The molecule has 0 saturated heterocycles. The zero-order valence-electron chi connectivity index (χ0n) is 18.4. The van der Waals surface area contributed by atoms with Crippen LogP contribution in [0.1, 0.15) is 22.2 Å². The first-order chi connectivity index (χ1) is 16.8. The number of aromatic nitrogens is 3. The zero-order valence-corrected chi connectivity index (χ0v) is 20.7. The van der Waals surface area contributed by atoms with Crippen molar-refractivity contribution >= 4 is 35.0 Å². The van der Waals surface area contributed by atoms with Crippen LogP contribution in [0.3, 0.4) is 0 Å². The van der Waals surface area contributed by atoms with Gasteiger partial charge in [0.25, 0.3) is 0 Å². The van der Waals surface area contributed by atoms with Crippen molar-refractivity contribution in [1.29, 1.82) is 0 Å². The fraction of sp³-hybridized carbons (Fsp3) is 0.167. The number of nitro groups is 1. The summed E-state index contributed by atoms with van der Waals surface area (Å²) in [6, 6.07) is 18.6. The molecule has 1 heterocycles. The van der Waals surface area contributed by atoms with Crippen molar-refractivity contribution in [1.82, 2.24) is 14.8 Å². The number of nitrogens with zero attached hydrogens (tertiary/aromatic N) is 4. The molecule has 0 N–H and O–H groups in total. The Kier molecular flexibility index (Phi) is 7.90. The average Bonchev–Trinajstić information content (AvgIpc) is 3.19. The number of hydrogen-bond acceptors (Lipinski definition) is 6. The summed E-state index contributed by atoms with van der Waals surface area (Å²) in [6.07, 6.45) is 0. The van der Waals surface area contributed by atoms with Crippen molar-refractivity contribution in [3.05, 3.63) is 110 Å². The molecular formula is C24H19Cl2FN4O3S. The molecule has 0 bridgehead atoms. The molecule has 0 aliphatic carbocycles. The van der Waals surface area contributed by atoms with Gasteiger partial charge in [0.2, 0.25) is 6.54 Å². The monoisotopic (exact) mass is 532 g/mol. The van der Waals surface area contributed by atoms with Gasteiger partial charge < -0.3 is 4.74 Å². The molecule has 11 heteroatoms. The molecule has 0 spiro atoms. The van der Waals surface area contributed by atoms with E-state index in [2.05, 4.69) is 10.2 Å². The van der Waals surface area contributed by atoms with Gasteiger partial charge in [-0.15, -0.1) is 10.2 Å². The Labute approximate surface area is 215 Å². The second kappa shape index (κ2) is 11.1. The molecule has 3 aromatic carbocycles. The molecule has 7 nitrogen and oxygen atoms in total. The molecule has 1 atom stereocenters. The summed E-state index contributed by atoms with van der Waals surface area (Å²) in [4.78, 5) is 11.1. The Balaban J connectivity index is 1.61. The summed E-state index contributed by atoms with van der Waals surface area (Å²) in [7, 11) is 0. The van der Waals surface area contributed by atoms with Crippen LogP contribution in [0.25, 0.3) is 5.69 Å². The van der Waals surface area contributed by atoms with Gasteiger partial charge in [-0.25, -0.2) is 4.39 Å². The first kappa shape index (κ1) is 25.0. The Morgan fingerprint density at radius 2 is 1.74 bits per heavy atom. The van der Waals surface area contributed by atoms with Gasteiger partial charge in [-0.3, -0.25) is 14.7 Å². The van der Waals surface area contributed by atoms with E-state index in [1.54, 1.807) is 24.3 Å². The Hall–Kier alpha value is -3.14. The van der Waals surface area contributed by atoms with Gasteiger partial charge in [-0.2, -0.15) is 0 Å². The highest BCUT2D eigenvalue weighted by Gasteiger charge is 2.25. The Morgan fingerprint density at radius 1 is 1.09 bits per heavy atom. The Bertz CT molecular complexity index is 1310. The molecule has 0 fully saturated rings. The van der Waals surface area contributed by atoms with Crippen LogP contribution in [0.4, 0.5) is 4.39 Å². The van der Waals surface area contributed by atoms with Gasteiger partial charge in [0.1, 0.15) is 23.5 Å². The molecule has 0 aliphatic rings. The van der Waals surface area contributed by atoms with Gasteiger partial charge >= 0.3 is 0 Å². The third-order valence-electron chi connectivity index (χ3n) is 5.06. The lowest BCUT2D eigenvalue weighted by molar-refractivity contribution is -0.479. The van der Waals surface area contributed by atoms with Crippen molar-refractivity contribution < 1.29 is 14.1 Å². The summed E-state index contributed by atoms with van der Waals surface area (Å²) in [6.45, 7) is 1.56. The lowest BCUT2D eigenvalue weighted by atomic mass is 10.1. The fourth-order valence-electron chi connectivity index (χ4n) is 3.41. The number of hydrogen-bond donors (Lipinski definition) is 0. The normalized spacial score (nSPS) is 11.9. The van der Waals surface area contributed by atoms with Crippen LogP contribution in [0.5, 0.6) is 5.75 Å². The predicted octanol–water partition coefficient (Wildman–Crippen LogP) is 6.71. The van der Waals surface area contributed by atoms with E-state index >= 15 is 0 Å². The molecule has 180 valence electrons. The predicted molar refractivity (Wildman–Crippen MR) is 134 cm³/mol. The second-order valence-corrected chi connectivity index (χ2v) is 9.54. The first-order valence-corrected chi connectivity index (χ1v) is 12.1. The number of rotatable bonds is 9. The van der Waals surface area contributed by atoms with E-state index in [-0.39, 0.29) is 34.8 Å². The van der Waals surface area contributed by atoms with E-state index in [1.807, 2.05) is 41.8 Å². The maximum absolute atomic E-state index is 13.1.